The first-order valence-corrected chi connectivity index (χ1v) is 8.22. The highest BCUT2D eigenvalue weighted by Crippen LogP contribution is 2.12. The summed E-state index contributed by atoms with van der Waals surface area (Å²) in [7, 11) is 0. The van der Waals surface area contributed by atoms with Crippen LogP contribution in [0.15, 0.2) is 48.8 Å². The summed E-state index contributed by atoms with van der Waals surface area (Å²) >= 11 is 2.35. The lowest BCUT2D eigenvalue weighted by atomic mass is 9.99. The molecule has 0 amide bonds. The lowest BCUT2D eigenvalue weighted by Crippen LogP contribution is -2.31. The van der Waals surface area contributed by atoms with Gasteiger partial charge in [-0.15, -0.1) is 0 Å². The number of nitrogens with one attached hydrogen (secondary N) is 1. The Morgan fingerprint density at radius 1 is 1.15 bits per heavy atom. The molecule has 1 aromatic carbocycles. The van der Waals surface area contributed by atoms with E-state index in [1.54, 1.807) is 0 Å². The molecule has 2 rings (SSSR count). The lowest BCUT2D eigenvalue weighted by Gasteiger charge is -2.18. The van der Waals surface area contributed by atoms with E-state index in [1.807, 2.05) is 18.5 Å². The van der Waals surface area contributed by atoms with Crippen LogP contribution < -0.4 is 5.32 Å². The Bertz CT molecular complexity index is 496. The molecule has 1 aromatic heterocycles. The Kier molecular flexibility index (Phi) is 6.47. The van der Waals surface area contributed by atoms with Gasteiger partial charge >= 0.3 is 0 Å². The van der Waals surface area contributed by atoms with Crippen molar-refractivity contribution < 1.29 is 0 Å². The van der Waals surface area contributed by atoms with Crippen LogP contribution in [0, 0.1) is 3.57 Å². The van der Waals surface area contributed by atoms with Crippen LogP contribution in [0.1, 0.15) is 24.5 Å². The molecule has 0 fully saturated rings. The van der Waals surface area contributed by atoms with Crippen LogP contribution in [0.4, 0.5) is 0 Å². The van der Waals surface area contributed by atoms with Gasteiger partial charge in [0.15, 0.2) is 0 Å². The maximum Gasteiger partial charge on any atom is 0.0299 e. The first-order valence-electron chi connectivity index (χ1n) is 7.14. The topological polar surface area (TPSA) is 24.9 Å². The molecule has 1 heterocycles. The number of hydrogen-bond donors (Lipinski definition) is 1. The monoisotopic (exact) mass is 380 g/mol. The van der Waals surface area contributed by atoms with Crippen molar-refractivity contribution in [1.29, 1.82) is 0 Å². The minimum absolute atomic E-state index is 0.528. The normalized spacial score (nSPS) is 12.3. The van der Waals surface area contributed by atoms with Gasteiger partial charge in [0.25, 0.3) is 0 Å². The fourth-order valence-electron chi connectivity index (χ4n) is 2.36. The summed E-state index contributed by atoms with van der Waals surface area (Å²) in [6.07, 6.45) is 7.11. The quantitative estimate of drug-likeness (QED) is 0.739. The van der Waals surface area contributed by atoms with Crippen molar-refractivity contribution in [1.82, 2.24) is 10.3 Å². The first-order chi connectivity index (χ1) is 9.78. The van der Waals surface area contributed by atoms with Gasteiger partial charge in [0.1, 0.15) is 0 Å². The van der Waals surface area contributed by atoms with E-state index >= 15 is 0 Å². The van der Waals surface area contributed by atoms with Gasteiger partial charge in [-0.25, -0.2) is 0 Å². The molecule has 0 aliphatic rings. The molecule has 0 saturated heterocycles. The second-order valence-corrected chi connectivity index (χ2v) is 6.23. The highest BCUT2D eigenvalue weighted by molar-refractivity contribution is 14.1. The largest absolute Gasteiger partial charge is 0.314 e. The van der Waals surface area contributed by atoms with Crippen molar-refractivity contribution in [3.05, 3.63) is 63.5 Å². The zero-order chi connectivity index (χ0) is 14.2. The smallest absolute Gasteiger partial charge is 0.0299 e. The van der Waals surface area contributed by atoms with Crippen LogP contribution in [0.2, 0.25) is 0 Å². The van der Waals surface area contributed by atoms with E-state index in [0.717, 1.165) is 25.8 Å². The summed E-state index contributed by atoms with van der Waals surface area (Å²) in [5, 5.41) is 3.59. The summed E-state index contributed by atoms with van der Waals surface area (Å²) in [6.45, 7) is 3.19. The molecule has 0 aliphatic heterocycles. The summed E-state index contributed by atoms with van der Waals surface area (Å²) in [5.41, 5.74) is 2.72. The predicted molar refractivity (Wildman–Crippen MR) is 92.9 cm³/mol. The Morgan fingerprint density at radius 3 is 2.60 bits per heavy atom. The molecule has 106 valence electrons. The van der Waals surface area contributed by atoms with E-state index in [-0.39, 0.29) is 0 Å². The van der Waals surface area contributed by atoms with Gasteiger partial charge in [-0.3, -0.25) is 4.98 Å². The van der Waals surface area contributed by atoms with Crippen molar-refractivity contribution in [3.63, 3.8) is 0 Å². The van der Waals surface area contributed by atoms with Crippen LogP contribution in [-0.4, -0.2) is 17.6 Å². The van der Waals surface area contributed by atoms with Crippen molar-refractivity contribution >= 4 is 22.6 Å². The highest BCUT2D eigenvalue weighted by Gasteiger charge is 2.08. The molecule has 0 aliphatic carbocycles. The molecule has 0 saturated carbocycles. The fraction of sp³-hybridized carbons (Fsp3) is 0.353. The van der Waals surface area contributed by atoms with E-state index in [2.05, 4.69) is 70.1 Å². The standard InChI is InChI=1S/C17H21IN2/c1-2-20-17(10-7-15-4-3-11-19-13-15)12-14-5-8-16(18)9-6-14/h3-6,8-9,11,13,17,20H,2,7,10,12H2,1H3. The van der Waals surface area contributed by atoms with Crippen LogP contribution in [-0.2, 0) is 12.8 Å². The Morgan fingerprint density at radius 2 is 1.95 bits per heavy atom. The van der Waals surface area contributed by atoms with Gasteiger partial charge in [0, 0.05) is 22.0 Å². The Hall–Kier alpha value is -0.940. The third-order valence-electron chi connectivity index (χ3n) is 3.39. The summed E-state index contributed by atoms with van der Waals surface area (Å²) in [4.78, 5) is 4.18. The number of halogens is 1. The van der Waals surface area contributed by atoms with E-state index in [4.69, 9.17) is 0 Å². The molecule has 2 nitrogen and oxygen atoms in total. The number of aromatic nitrogens is 1. The third-order valence-corrected chi connectivity index (χ3v) is 4.11. The molecular formula is C17H21IN2. The Balaban J connectivity index is 1.91. The molecule has 1 atom stereocenters. The van der Waals surface area contributed by atoms with Crippen molar-refractivity contribution in [2.45, 2.75) is 32.2 Å². The number of aryl methyl sites for hydroxylation is 1. The maximum absolute atomic E-state index is 4.18. The van der Waals surface area contributed by atoms with Gasteiger partial charge in [0.05, 0.1) is 0 Å². The van der Waals surface area contributed by atoms with Crippen molar-refractivity contribution in [2.24, 2.45) is 0 Å². The average molecular weight is 380 g/mol. The molecule has 20 heavy (non-hydrogen) atoms. The zero-order valence-electron chi connectivity index (χ0n) is 11.8. The van der Waals surface area contributed by atoms with Crippen LogP contribution in [0.25, 0.3) is 0 Å². The van der Waals surface area contributed by atoms with Gasteiger partial charge in [0.2, 0.25) is 0 Å². The first kappa shape index (κ1) is 15.4. The zero-order valence-corrected chi connectivity index (χ0v) is 14.0. The number of benzene rings is 1. The number of pyridine rings is 1. The highest BCUT2D eigenvalue weighted by atomic mass is 127. The lowest BCUT2D eigenvalue weighted by molar-refractivity contribution is 0.491. The van der Waals surface area contributed by atoms with E-state index < -0.39 is 0 Å². The molecule has 0 radical (unpaired) electrons. The maximum atomic E-state index is 4.18. The molecule has 0 bridgehead atoms. The van der Waals surface area contributed by atoms with E-state index in [9.17, 15) is 0 Å². The van der Waals surface area contributed by atoms with Crippen LogP contribution >= 0.6 is 22.6 Å². The van der Waals surface area contributed by atoms with E-state index in [1.165, 1.54) is 14.7 Å². The van der Waals surface area contributed by atoms with Crippen LogP contribution in [0.3, 0.4) is 0 Å². The van der Waals surface area contributed by atoms with E-state index in [0.29, 0.717) is 6.04 Å². The molecule has 3 heteroatoms. The predicted octanol–water partition coefficient (Wildman–Crippen LogP) is 3.84. The van der Waals surface area contributed by atoms with Crippen molar-refractivity contribution in [2.75, 3.05) is 6.54 Å². The van der Waals surface area contributed by atoms with Gasteiger partial charge < -0.3 is 5.32 Å². The fourth-order valence-corrected chi connectivity index (χ4v) is 2.72. The average Bonchev–Trinajstić information content (AvgIpc) is 2.48. The second kappa shape index (κ2) is 8.37. The summed E-state index contributed by atoms with van der Waals surface area (Å²) < 4.78 is 1.29. The molecule has 1 N–H and O–H groups in total. The summed E-state index contributed by atoms with van der Waals surface area (Å²) in [5.74, 6) is 0. The van der Waals surface area contributed by atoms with Gasteiger partial charge in [-0.05, 0) is 77.7 Å². The minimum atomic E-state index is 0.528. The molecular weight excluding hydrogens is 359 g/mol. The third kappa shape index (κ3) is 5.21. The van der Waals surface area contributed by atoms with Crippen molar-refractivity contribution in [3.8, 4) is 0 Å². The molecule has 1 unspecified atom stereocenters. The number of hydrogen-bond acceptors (Lipinski definition) is 2. The Labute approximate surface area is 135 Å². The molecule has 2 aromatic rings. The number of nitrogens with zero attached hydrogens (tertiary/aromatic N) is 1. The SMILES string of the molecule is CCNC(CCc1cccnc1)Cc1ccc(I)cc1. The molecule has 0 spiro atoms. The summed E-state index contributed by atoms with van der Waals surface area (Å²) in [6, 6.07) is 13.5. The van der Waals surface area contributed by atoms with Gasteiger partial charge in [-0.1, -0.05) is 25.1 Å². The second-order valence-electron chi connectivity index (χ2n) is 4.99. The number of rotatable bonds is 7. The minimum Gasteiger partial charge on any atom is -0.314 e. The number of likely N-dealkylation sites (N-methyl/N-ethyl adjacent to an activating group) is 1. The van der Waals surface area contributed by atoms with Crippen LogP contribution in [0.5, 0.6) is 0 Å². The van der Waals surface area contributed by atoms with Gasteiger partial charge in [-0.2, -0.15) is 0 Å².